The van der Waals surface area contributed by atoms with Crippen molar-refractivity contribution < 1.29 is 0 Å². The van der Waals surface area contributed by atoms with Crippen LogP contribution in [0.1, 0.15) is 62.1 Å². The molecule has 1 aliphatic heterocycles. The van der Waals surface area contributed by atoms with Crippen molar-refractivity contribution in [3.63, 3.8) is 0 Å². The predicted molar refractivity (Wildman–Crippen MR) is 101 cm³/mol. The van der Waals surface area contributed by atoms with Crippen LogP contribution in [0.3, 0.4) is 0 Å². The summed E-state index contributed by atoms with van der Waals surface area (Å²) in [5.41, 5.74) is 3.66. The SMILES string of the molecule is Clc1cc(Cl)cc(-n2nc(C3CCCCC3)c3c2NCCCC3)c1. The molecule has 128 valence electrons. The van der Waals surface area contributed by atoms with E-state index in [1.807, 2.05) is 16.8 Å². The Morgan fingerprint density at radius 1 is 0.958 bits per heavy atom. The van der Waals surface area contributed by atoms with Gasteiger partial charge in [0.1, 0.15) is 5.82 Å². The Balaban J connectivity index is 1.82. The Kier molecular flexibility index (Phi) is 4.73. The van der Waals surface area contributed by atoms with E-state index in [9.17, 15) is 0 Å². The lowest BCUT2D eigenvalue weighted by Gasteiger charge is -2.20. The van der Waals surface area contributed by atoms with Crippen molar-refractivity contribution in [2.75, 3.05) is 11.9 Å². The third kappa shape index (κ3) is 3.16. The molecular weight excluding hydrogens is 341 g/mol. The van der Waals surface area contributed by atoms with E-state index in [0.29, 0.717) is 16.0 Å². The summed E-state index contributed by atoms with van der Waals surface area (Å²) in [7, 11) is 0. The van der Waals surface area contributed by atoms with Crippen molar-refractivity contribution >= 4 is 29.0 Å². The van der Waals surface area contributed by atoms with Crippen LogP contribution in [-0.4, -0.2) is 16.3 Å². The molecule has 1 N–H and O–H groups in total. The molecule has 1 aromatic carbocycles. The highest BCUT2D eigenvalue weighted by Gasteiger charge is 2.27. The predicted octanol–water partition coefficient (Wildman–Crippen LogP) is 5.98. The number of anilines is 1. The molecule has 2 aliphatic rings. The molecule has 0 amide bonds. The zero-order valence-corrected chi connectivity index (χ0v) is 15.3. The normalized spacial score (nSPS) is 18.8. The van der Waals surface area contributed by atoms with Gasteiger partial charge in [0.05, 0.1) is 11.4 Å². The Labute approximate surface area is 153 Å². The van der Waals surface area contributed by atoms with Crippen LogP contribution in [0.2, 0.25) is 10.0 Å². The van der Waals surface area contributed by atoms with E-state index in [-0.39, 0.29) is 0 Å². The molecule has 1 saturated carbocycles. The summed E-state index contributed by atoms with van der Waals surface area (Å²) >= 11 is 12.4. The number of nitrogens with zero attached hydrogens (tertiary/aromatic N) is 2. The van der Waals surface area contributed by atoms with Gasteiger partial charge < -0.3 is 5.32 Å². The number of benzene rings is 1. The van der Waals surface area contributed by atoms with Crippen LogP contribution in [0, 0.1) is 0 Å². The molecular formula is C19H23Cl2N3. The Morgan fingerprint density at radius 2 is 1.71 bits per heavy atom. The number of hydrogen-bond acceptors (Lipinski definition) is 2. The molecule has 1 aliphatic carbocycles. The van der Waals surface area contributed by atoms with Gasteiger partial charge in [-0.15, -0.1) is 0 Å². The van der Waals surface area contributed by atoms with Gasteiger partial charge in [-0.2, -0.15) is 5.10 Å². The first kappa shape index (κ1) is 16.3. The number of halogens is 2. The molecule has 0 radical (unpaired) electrons. The lowest BCUT2D eigenvalue weighted by atomic mass is 9.85. The Bertz CT molecular complexity index is 712. The quantitative estimate of drug-likeness (QED) is 0.711. The number of nitrogens with one attached hydrogen (secondary N) is 1. The summed E-state index contributed by atoms with van der Waals surface area (Å²) in [6.07, 6.45) is 10.1. The first-order chi connectivity index (χ1) is 11.7. The molecule has 1 aromatic heterocycles. The lowest BCUT2D eigenvalue weighted by molar-refractivity contribution is 0.432. The van der Waals surface area contributed by atoms with E-state index in [0.717, 1.165) is 24.5 Å². The van der Waals surface area contributed by atoms with Gasteiger partial charge in [-0.05, 0) is 50.3 Å². The zero-order valence-electron chi connectivity index (χ0n) is 13.8. The molecule has 2 aromatic rings. The topological polar surface area (TPSA) is 29.9 Å². The average molecular weight is 364 g/mol. The van der Waals surface area contributed by atoms with E-state index in [2.05, 4.69) is 5.32 Å². The summed E-state index contributed by atoms with van der Waals surface area (Å²) in [4.78, 5) is 0. The Hall–Kier alpha value is -1.19. The highest BCUT2D eigenvalue weighted by atomic mass is 35.5. The maximum Gasteiger partial charge on any atom is 0.133 e. The monoisotopic (exact) mass is 363 g/mol. The fourth-order valence-electron chi connectivity index (χ4n) is 4.08. The molecule has 0 bridgehead atoms. The zero-order chi connectivity index (χ0) is 16.5. The molecule has 0 saturated heterocycles. The highest BCUT2D eigenvalue weighted by Crippen LogP contribution is 2.39. The van der Waals surface area contributed by atoms with Crippen LogP contribution in [0.15, 0.2) is 18.2 Å². The third-order valence-electron chi connectivity index (χ3n) is 5.24. The number of fused-ring (bicyclic) bond motifs is 1. The summed E-state index contributed by atoms with van der Waals surface area (Å²) in [6, 6.07) is 5.65. The first-order valence-electron chi connectivity index (χ1n) is 9.04. The minimum Gasteiger partial charge on any atom is -0.370 e. The third-order valence-corrected chi connectivity index (χ3v) is 5.68. The van der Waals surface area contributed by atoms with Crippen molar-refractivity contribution in [1.29, 1.82) is 0 Å². The second-order valence-corrected chi connectivity index (χ2v) is 7.84. The van der Waals surface area contributed by atoms with E-state index >= 15 is 0 Å². The van der Waals surface area contributed by atoms with Crippen molar-refractivity contribution in [1.82, 2.24) is 9.78 Å². The van der Waals surface area contributed by atoms with Crippen LogP contribution < -0.4 is 5.32 Å². The highest BCUT2D eigenvalue weighted by molar-refractivity contribution is 6.34. The van der Waals surface area contributed by atoms with Crippen LogP contribution in [0.4, 0.5) is 5.82 Å². The van der Waals surface area contributed by atoms with Gasteiger partial charge >= 0.3 is 0 Å². The average Bonchev–Trinajstić information content (AvgIpc) is 2.76. The molecule has 0 spiro atoms. The fourth-order valence-corrected chi connectivity index (χ4v) is 4.60. The second kappa shape index (κ2) is 6.97. The molecule has 3 nitrogen and oxygen atoms in total. The number of rotatable bonds is 2. The van der Waals surface area contributed by atoms with Gasteiger partial charge in [-0.25, -0.2) is 4.68 Å². The standard InChI is InChI=1S/C19H23Cl2N3/c20-14-10-15(21)12-16(11-14)24-19-17(8-4-5-9-22-19)18(23-24)13-6-2-1-3-7-13/h10-13,22H,1-9H2. The molecule has 2 heterocycles. The van der Waals surface area contributed by atoms with Gasteiger partial charge in [0.15, 0.2) is 0 Å². The fraction of sp³-hybridized carbons (Fsp3) is 0.526. The lowest BCUT2D eigenvalue weighted by Crippen LogP contribution is -2.08. The summed E-state index contributed by atoms with van der Waals surface area (Å²) in [6.45, 7) is 0.997. The van der Waals surface area contributed by atoms with Gasteiger partial charge in [0.2, 0.25) is 0 Å². The van der Waals surface area contributed by atoms with E-state index in [4.69, 9.17) is 28.3 Å². The van der Waals surface area contributed by atoms with Crippen LogP contribution in [-0.2, 0) is 6.42 Å². The summed E-state index contributed by atoms with van der Waals surface area (Å²) in [5.74, 6) is 1.75. The van der Waals surface area contributed by atoms with E-state index in [1.165, 1.54) is 56.2 Å². The van der Waals surface area contributed by atoms with Gasteiger partial charge in [-0.1, -0.05) is 42.5 Å². The molecule has 4 rings (SSSR count). The van der Waals surface area contributed by atoms with Crippen molar-refractivity contribution in [2.45, 2.75) is 57.3 Å². The van der Waals surface area contributed by atoms with Crippen LogP contribution in [0.25, 0.3) is 5.69 Å². The Morgan fingerprint density at radius 3 is 2.46 bits per heavy atom. The first-order valence-corrected chi connectivity index (χ1v) is 9.80. The van der Waals surface area contributed by atoms with Gasteiger partial charge in [0.25, 0.3) is 0 Å². The summed E-state index contributed by atoms with van der Waals surface area (Å²) in [5, 5.41) is 9.95. The minimum atomic E-state index is 0.600. The number of hydrogen-bond donors (Lipinski definition) is 1. The second-order valence-electron chi connectivity index (χ2n) is 6.97. The maximum atomic E-state index is 6.22. The van der Waals surface area contributed by atoms with E-state index in [1.54, 1.807) is 6.07 Å². The molecule has 24 heavy (non-hydrogen) atoms. The van der Waals surface area contributed by atoms with Crippen LogP contribution >= 0.6 is 23.2 Å². The van der Waals surface area contributed by atoms with Crippen molar-refractivity contribution in [3.05, 3.63) is 39.5 Å². The number of aromatic nitrogens is 2. The van der Waals surface area contributed by atoms with Crippen molar-refractivity contribution in [3.8, 4) is 5.69 Å². The smallest absolute Gasteiger partial charge is 0.133 e. The van der Waals surface area contributed by atoms with Crippen molar-refractivity contribution in [2.24, 2.45) is 0 Å². The summed E-state index contributed by atoms with van der Waals surface area (Å²) < 4.78 is 2.03. The van der Waals surface area contributed by atoms with E-state index < -0.39 is 0 Å². The largest absolute Gasteiger partial charge is 0.370 e. The van der Waals surface area contributed by atoms with Crippen LogP contribution in [0.5, 0.6) is 0 Å². The maximum absolute atomic E-state index is 6.22. The molecule has 1 fully saturated rings. The molecule has 5 heteroatoms. The van der Waals surface area contributed by atoms with Gasteiger partial charge in [-0.3, -0.25) is 0 Å². The minimum absolute atomic E-state index is 0.600. The molecule has 0 atom stereocenters. The van der Waals surface area contributed by atoms with Gasteiger partial charge in [0, 0.05) is 28.1 Å². The molecule has 0 unspecified atom stereocenters.